The van der Waals surface area contributed by atoms with Gasteiger partial charge in [-0.05, 0) is 31.1 Å². The molecule has 0 aromatic heterocycles. The molecule has 1 unspecified atom stereocenters. The summed E-state index contributed by atoms with van der Waals surface area (Å²) in [5.41, 5.74) is -0.441. The minimum absolute atomic E-state index is 0.0594. The van der Waals surface area contributed by atoms with Gasteiger partial charge in [0.05, 0.1) is 5.60 Å². The molecule has 0 saturated heterocycles. The van der Waals surface area contributed by atoms with Gasteiger partial charge in [0.2, 0.25) is 0 Å². The summed E-state index contributed by atoms with van der Waals surface area (Å²) >= 11 is 0. The SMILES string of the molecule is C#CCCC1(O)CCCC1(C)C. The second-order valence-corrected chi connectivity index (χ2v) is 4.47. The molecule has 1 aliphatic rings. The van der Waals surface area contributed by atoms with Gasteiger partial charge >= 0.3 is 0 Å². The van der Waals surface area contributed by atoms with E-state index in [1.165, 1.54) is 0 Å². The van der Waals surface area contributed by atoms with E-state index in [0.717, 1.165) is 25.7 Å². The maximum Gasteiger partial charge on any atom is 0.0707 e. The first-order valence-electron chi connectivity index (χ1n) is 4.68. The molecule has 1 nitrogen and oxygen atoms in total. The monoisotopic (exact) mass is 166 g/mol. The Morgan fingerprint density at radius 1 is 1.42 bits per heavy atom. The van der Waals surface area contributed by atoms with Crippen molar-refractivity contribution in [2.24, 2.45) is 5.41 Å². The second-order valence-electron chi connectivity index (χ2n) is 4.47. The lowest BCUT2D eigenvalue weighted by Crippen LogP contribution is -2.39. The van der Waals surface area contributed by atoms with Crippen LogP contribution in [0.3, 0.4) is 0 Å². The lowest BCUT2D eigenvalue weighted by molar-refractivity contribution is -0.0481. The average Bonchev–Trinajstić information content (AvgIpc) is 2.24. The van der Waals surface area contributed by atoms with Crippen LogP contribution in [0.25, 0.3) is 0 Å². The molecular weight excluding hydrogens is 148 g/mol. The average molecular weight is 166 g/mol. The van der Waals surface area contributed by atoms with E-state index in [4.69, 9.17) is 6.42 Å². The highest BCUT2D eigenvalue weighted by Gasteiger charge is 2.46. The van der Waals surface area contributed by atoms with Crippen molar-refractivity contribution in [1.29, 1.82) is 0 Å². The van der Waals surface area contributed by atoms with Crippen molar-refractivity contribution in [3.05, 3.63) is 0 Å². The molecule has 68 valence electrons. The predicted octanol–water partition coefficient (Wildman–Crippen LogP) is 2.34. The Hall–Kier alpha value is -0.480. The summed E-state index contributed by atoms with van der Waals surface area (Å²) in [6.07, 6.45) is 9.82. The first kappa shape index (κ1) is 9.61. The van der Waals surface area contributed by atoms with Crippen LogP contribution in [0.4, 0.5) is 0 Å². The lowest BCUT2D eigenvalue weighted by Gasteiger charge is -2.36. The van der Waals surface area contributed by atoms with E-state index in [-0.39, 0.29) is 5.41 Å². The Bertz CT molecular complexity index is 200. The number of hydrogen-bond donors (Lipinski definition) is 1. The molecular formula is C11H18O. The van der Waals surface area contributed by atoms with Crippen molar-refractivity contribution < 1.29 is 5.11 Å². The van der Waals surface area contributed by atoms with Gasteiger partial charge in [-0.25, -0.2) is 0 Å². The molecule has 0 aromatic carbocycles. The molecule has 1 fully saturated rings. The maximum atomic E-state index is 10.3. The fourth-order valence-electron chi connectivity index (χ4n) is 2.14. The Balaban J connectivity index is 2.64. The molecule has 0 bridgehead atoms. The fraction of sp³-hybridized carbons (Fsp3) is 0.818. The van der Waals surface area contributed by atoms with Gasteiger partial charge in [0.15, 0.2) is 0 Å². The quantitative estimate of drug-likeness (QED) is 0.624. The summed E-state index contributed by atoms with van der Waals surface area (Å²) in [6.45, 7) is 4.27. The summed E-state index contributed by atoms with van der Waals surface area (Å²) < 4.78 is 0. The van der Waals surface area contributed by atoms with Crippen LogP contribution in [-0.2, 0) is 0 Å². The van der Waals surface area contributed by atoms with Crippen LogP contribution in [0.1, 0.15) is 46.0 Å². The number of aliphatic hydroxyl groups is 1. The van der Waals surface area contributed by atoms with Crippen molar-refractivity contribution in [2.75, 3.05) is 0 Å². The summed E-state index contributed by atoms with van der Waals surface area (Å²) in [7, 11) is 0. The minimum Gasteiger partial charge on any atom is -0.389 e. The lowest BCUT2D eigenvalue weighted by atomic mass is 9.75. The first-order valence-corrected chi connectivity index (χ1v) is 4.68. The largest absolute Gasteiger partial charge is 0.389 e. The molecule has 1 heteroatoms. The van der Waals surface area contributed by atoms with Crippen molar-refractivity contribution in [1.82, 2.24) is 0 Å². The van der Waals surface area contributed by atoms with Crippen LogP contribution >= 0.6 is 0 Å². The molecule has 1 atom stereocenters. The number of terminal acetylenes is 1. The van der Waals surface area contributed by atoms with Crippen LogP contribution in [0.15, 0.2) is 0 Å². The van der Waals surface area contributed by atoms with Gasteiger partial charge in [-0.2, -0.15) is 0 Å². The van der Waals surface area contributed by atoms with Crippen LogP contribution in [0.5, 0.6) is 0 Å². The van der Waals surface area contributed by atoms with E-state index < -0.39 is 5.60 Å². The number of rotatable bonds is 2. The smallest absolute Gasteiger partial charge is 0.0707 e. The van der Waals surface area contributed by atoms with Gasteiger partial charge in [-0.3, -0.25) is 0 Å². The molecule has 1 N–H and O–H groups in total. The Kier molecular flexibility index (Phi) is 2.49. The van der Waals surface area contributed by atoms with E-state index in [1.807, 2.05) is 0 Å². The van der Waals surface area contributed by atoms with Crippen molar-refractivity contribution in [2.45, 2.75) is 51.6 Å². The molecule has 1 rings (SSSR count). The molecule has 0 aromatic rings. The molecule has 0 radical (unpaired) electrons. The summed E-state index contributed by atoms with van der Waals surface area (Å²) in [6, 6.07) is 0. The summed E-state index contributed by atoms with van der Waals surface area (Å²) in [5, 5.41) is 10.3. The Morgan fingerprint density at radius 2 is 2.08 bits per heavy atom. The Labute approximate surface area is 75.2 Å². The minimum atomic E-state index is -0.501. The second kappa shape index (κ2) is 3.11. The third-order valence-corrected chi connectivity index (χ3v) is 3.33. The molecule has 0 spiro atoms. The van der Waals surface area contributed by atoms with E-state index >= 15 is 0 Å². The first-order chi connectivity index (χ1) is 5.52. The normalized spacial score (nSPS) is 33.2. The molecule has 12 heavy (non-hydrogen) atoms. The van der Waals surface area contributed by atoms with E-state index in [2.05, 4.69) is 19.8 Å². The van der Waals surface area contributed by atoms with Crippen molar-refractivity contribution in [3.63, 3.8) is 0 Å². The highest BCUT2D eigenvalue weighted by atomic mass is 16.3. The third-order valence-electron chi connectivity index (χ3n) is 3.33. The zero-order chi connectivity index (χ0) is 9.24. The van der Waals surface area contributed by atoms with Crippen LogP contribution < -0.4 is 0 Å². The van der Waals surface area contributed by atoms with Crippen LogP contribution in [-0.4, -0.2) is 10.7 Å². The van der Waals surface area contributed by atoms with Gasteiger partial charge in [0, 0.05) is 6.42 Å². The van der Waals surface area contributed by atoms with Crippen molar-refractivity contribution in [3.8, 4) is 12.3 Å². The highest BCUT2D eigenvalue weighted by Crippen LogP contribution is 2.48. The Morgan fingerprint density at radius 3 is 2.50 bits per heavy atom. The van der Waals surface area contributed by atoms with Gasteiger partial charge < -0.3 is 5.11 Å². The highest BCUT2D eigenvalue weighted by molar-refractivity contribution is 5.01. The molecule has 1 saturated carbocycles. The van der Waals surface area contributed by atoms with Crippen LogP contribution in [0, 0.1) is 17.8 Å². The topological polar surface area (TPSA) is 20.2 Å². The van der Waals surface area contributed by atoms with Gasteiger partial charge in [0.1, 0.15) is 0 Å². The molecule has 0 amide bonds. The standard InChI is InChI=1S/C11H18O/c1-4-5-8-11(12)9-6-7-10(11,2)3/h1,12H,5-9H2,2-3H3. The zero-order valence-electron chi connectivity index (χ0n) is 8.06. The molecule has 1 aliphatic carbocycles. The van der Waals surface area contributed by atoms with E-state index in [0.29, 0.717) is 6.42 Å². The van der Waals surface area contributed by atoms with Gasteiger partial charge in [-0.15, -0.1) is 12.3 Å². The van der Waals surface area contributed by atoms with E-state index in [9.17, 15) is 5.11 Å². The molecule has 0 aliphatic heterocycles. The van der Waals surface area contributed by atoms with Crippen molar-refractivity contribution >= 4 is 0 Å². The maximum absolute atomic E-state index is 10.3. The van der Waals surface area contributed by atoms with Crippen LogP contribution in [0.2, 0.25) is 0 Å². The third kappa shape index (κ3) is 1.49. The van der Waals surface area contributed by atoms with E-state index in [1.54, 1.807) is 0 Å². The molecule has 0 heterocycles. The fourth-order valence-corrected chi connectivity index (χ4v) is 2.14. The summed E-state index contributed by atoms with van der Waals surface area (Å²) in [5.74, 6) is 2.60. The predicted molar refractivity (Wildman–Crippen MR) is 50.6 cm³/mol. The van der Waals surface area contributed by atoms with Gasteiger partial charge in [-0.1, -0.05) is 13.8 Å². The number of hydrogen-bond acceptors (Lipinski definition) is 1. The van der Waals surface area contributed by atoms with Gasteiger partial charge in [0.25, 0.3) is 0 Å². The summed E-state index contributed by atoms with van der Waals surface area (Å²) in [4.78, 5) is 0. The zero-order valence-corrected chi connectivity index (χ0v) is 8.06.